The summed E-state index contributed by atoms with van der Waals surface area (Å²) >= 11 is 0. The van der Waals surface area contributed by atoms with Crippen LogP contribution in [0.5, 0.6) is 5.75 Å². The number of hydrogen-bond donors (Lipinski definition) is 1. The smallest absolute Gasteiger partial charge is 0.251 e. The second kappa shape index (κ2) is 11.4. The summed E-state index contributed by atoms with van der Waals surface area (Å²) in [7, 11) is -0.222. The lowest BCUT2D eigenvalue weighted by molar-refractivity contribution is -0.173. The number of phenolic OH excluding ortho intramolecular Hbond substituents is 1. The Kier molecular flexibility index (Phi) is 9.22. The lowest BCUT2D eigenvalue weighted by Crippen LogP contribution is -2.38. The van der Waals surface area contributed by atoms with Crippen LogP contribution in [0.3, 0.4) is 0 Å². The number of ether oxygens (including phenoxy) is 2. The fourth-order valence-corrected chi connectivity index (χ4v) is 4.56. The van der Waals surface area contributed by atoms with Gasteiger partial charge in [-0.1, -0.05) is 12.2 Å². The topological polar surface area (TPSA) is 76.1 Å². The molecule has 6 nitrogen and oxygen atoms in total. The Morgan fingerprint density at radius 3 is 2.43 bits per heavy atom. The monoisotopic (exact) mass is 433 g/mol. The van der Waals surface area contributed by atoms with Crippen LogP contribution >= 0.6 is 8.46 Å². The Morgan fingerprint density at radius 2 is 1.87 bits per heavy atom. The molecule has 2 rings (SSSR count). The molecule has 1 aromatic rings. The van der Waals surface area contributed by atoms with E-state index in [-0.39, 0.29) is 20.1 Å². The quantitative estimate of drug-likeness (QED) is 0.271. The first-order valence-corrected chi connectivity index (χ1v) is 11.3. The largest absolute Gasteiger partial charge is 0.507 e. The van der Waals surface area contributed by atoms with Crippen molar-refractivity contribution in [2.75, 3.05) is 24.7 Å². The number of carbonyl (C=O) groups is 1. The van der Waals surface area contributed by atoms with Crippen molar-refractivity contribution in [2.24, 2.45) is 0 Å². The minimum absolute atomic E-state index is 0.0420. The first-order valence-electron chi connectivity index (χ1n) is 10.5. The highest BCUT2D eigenvalue weighted by molar-refractivity contribution is 7.25. The molecule has 30 heavy (non-hydrogen) atoms. The molecule has 0 aromatic heterocycles. The normalized spacial score (nSPS) is 14.1. The summed E-state index contributed by atoms with van der Waals surface area (Å²) < 4.78 is 23.0. The third-order valence-electron chi connectivity index (χ3n) is 5.22. The van der Waals surface area contributed by atoms with E-state index < -0.39 is 5.53 Å². The molecule has 0 spiro atoms. The van der Waals surface area contributed by atoms with E-state index in [4.69, 9.17) is 9.47 Å². The third-order valence-corrected chi connectivity index (χ3v) is 5.98. The molecule has 0 atom stereocenters. The Hall–Kier alpha value is -2.01. The fourth-order valence-electron chi connectivity index (χ4n) is 3.95. The summed E-state index contributed by atoms with van der Waals surface area (Å²) in [6.07, 6.45) is 6.49. The highest BCUT2D eigenvalue weighted by atomic mass is 31.1. The predicted octanol–water partition coefficient (Wildman–Crippen LogP) is 4.93. The highest BCUT2D eigenvalue weighted by Crippen LogP contribution is 2.39. The van der Waals surface area contributed by atoms with Crippen molar-refractivity contribution in [1.29, 1.82) is 0 Å². The molecule has 7 heteroatoms. The first-order chi connectivity index (χ1) is 14.5. The van der Waals surface area contributed by atoms with Crippen LogP contribution in [0, 0.1) is 0 Å². The summed E-state index contributed by atoms with van der Waals surface area (Å²) in [5.41, 5.74) is 2.21. The molecule has 0 unspecified atom stereocenters. The van der Waals surface area contributed by atoms with Crippen LogP contribution in [0.15, 0.2) is 31.4 Å². The van der Waals surface area contributed by atoms with Gasteiger partial charge in [0.2, 0.25) is 14.4 Å². The zero-order valence-corrected chi connectivity index (χ0v) is 18.9. The van der Waals surface area contributed by atoms with Gasteiger partial charge in [-0.25, -0.2) is 0 Å². The number of hydrogen-bond acceptors (Lipinski definition) is 5. The van der Waals surface area contributed by atoms with Crippen molar-refractivity contribution in [1.82, 2.24) is 0 Å². The van der Waals surface area contributed by atoms with Gasteiger partial charge in [0.15, 0.2) is 0 Å². The SMILES string of the molecule is C=CCc1cc2c(c(CC=C)c1O)CCC(=O)N2CCCC(OCC)(OCC)P=O. The van der Waals surface area contributed by atoms with Gasteiger partial charge in [0.1, 0.15) is 5.75 Å². The molecule has 0 fully saturated rings. The maximum Gasteiger partial charge on any atom is 0.251 e. The first kappa shape index (κ1) is 24.3. The van der Waals surface area contributed by atoms with E-state index in [1.165, 1.54) is 0 Å². The van der Waals surface area contributed by atoms with Crippen molar-refractivity contribution < 1.29 is 23.9 Å². The average molecular weight is 433 g/mol. The van der Waals surface area contributed by atoms with Gasteiger partial charge in [-0.05, 0) is 56.7 Å². The van der Waals surface area contributed by atoms with Gasteiger partial charge >= 0.3 is 0 Å². The van der Waals surface area contributed by atoms with Crippen molar-refractivity contribution in [3.63, 3.8) is 0 Å². The van der Waals surface area contributed by atoms with E-state index in [1.807, 2.05) is 19.9 Å². The molecule has 1 aliphatic rings. The van der Waals surface area contributed by atoms with Gasteiger partial charge in [-0.3, -0.25) is 9.36 Å². The molecule has 164 valence electrons. The Balaban J connectivity index is 2.32. The van der Waals surface area contributed by atoms with E-state index >= 15 is 0 Å². The van der Waals surface area contributed by atoms with Crippen molar-refractivity contribution >= 4 is 20.1 Å². The summed E-state index contributed by atoms with van der Waals surface area (Å²) in [6, 6.07) is 1.89. The summed E-state index contributed by atoms with van der Waals surface area (Å²) in [4.78, 5) is 14.5. The summed E-state index contributed by atoms with van der Waals surface area (Å²) in [5.74, 6) is 0.306. The van der Waals surface area contributed by atoms with E-state index in [0.29, 0.717) is 58.3 Å². The van der Waals surface area contributed by atoms with Crippen molar-refractivity contribution in [3.05, 3.63) is 48.1 Å². The Labute approximate surface area is 180 Å². The van der Waals surface area contributed by atoms with E-state index in [1.54, 1.807) is 17.1 Å². The Bertz CT molecular complexity index is 786. The molecular formula is C23H32NO5P. The molecule has 1 aromatic carbocycles. The highest BCUT2D eigenvalue weighted by Gasteiger charge is 2.34. The zero-order chi connectivity index (χ0) is 22.1. The minimum atomic E-state index is -1.18. The van der Waals surface area contributed by atoms with Gasteiger partial charge in [-0.15, -0.1) is 13.2 Å². The number of benzene rings is 1. The van der Waals surface area contributed by atoms with Crippen molar-refractivity contribution in [3.8, 4) is 5.75 Å². The number of aromatic hydroxyl groups is 1. The lowest BCUT2D eigenvalue weighted by Gasteiger charge is -2.33. The van der Waals surface area contributed by atoms with Gasteiger partial charge in [0.05, 0.1) is 0 Å². The second-order valence-corrected chi connectivity index (χ2v) is 8.03. The van der Waals surface area contributed by atoms with E-state index in [2.05, 4.69) is 13.2 Å². The average Bonchev–Trinajstić information content (AvgIpc) is 2.73. The number of nitrogens with zero attached hydrogens (tertiary/aromatic N) is 1. The van der Waals surface area contributed by atoms with E-state index in [9.17, 15) is 14.5 Å². The van der Waals surface area contributed by atoms with Crippen LogP contribution in [0.2, 0.25) is 0 Å². The number of rotatable bonds is 13. The maximum atomic E-state index is 12.8. The zero-order valence-electron chi connectivity index (χ0n) is 18.0. The molecule has 1 aliphatic heterocycles. The van der Waals surface area contributed by atoms with Crippen LogP contribution in [0.4, 0.5) is 5.69 Å². The van der Waals surface area contributed by atoms with Crippen LogP contribution in [0.25, 0.3) is 0 Å². The number of amides is 1. The van der Waals surface area contributed by atoms with Crippen LogP contribution in [0.1, 0.15) is 49.8 Å². The molecule has 0 saturated carbocycles. The molecule has 0 bridgehead atoms. The lowest BCUT2D eigenvalue weighted by atomic mass is 9.90. The van der Waals surface area contributed by atoms with Crippen LogP contribution < -0.4 is 4.90 Å². The molecule has 1 amide bonds. The number of fused-ring (bicyclic) bond motifs is 1. The van der Waals surface area contributed by atoms with Gasteiger partial charge in [0.25, 0.3) is 5.53 Å². The number of allylic oxidation sites excluding steroid dienone is 2. The predicted molar refractivity (Wildman–Crippen MR) is 119 cm³/mol. The van der Waals surface area contributed by atoms with Crippen molar-refractivity contribution in [2.45, 2.75) is 57.9 Å². The van der Waals surface area contributed by atoms with E-state index in [0.717, 1.165) is 22.4 Å². The molecule has 0 aliphatic carbocycles. The number of carbonyl (C=O) groups excluding carboxylic acids is 1. The molecule has 1 heterocycles. The van der Waals surface area contributed by atoms with Gasteiger partial charge < -0.3 is 19.5 Å². The van der Waals surface area contributed by atoms with Gasteiger partial charge in [0, 0.05) is 43.9 Å². The molecular weight excluding hydrogens is 401 g/mol. The Morgan fingerprint density at radius 1 is 1.20 bits per heavy atom. The fraction of sp³-hybridized carbons (Fsp3) is 0.522. The molecule has 0 saturated heterocycles. The molecule has 1 N–H and O–H groups in total. The van der Waals surface area contributed by atoms with Crippen LogP contribution in [-0.2, 0) is 38.1 Å². The summed E-state index contributed by atoms with van der Waals surface area (Å²) in [6.45, 7) is 12.5. The number of phenols is 1. The summed E-state index contributed by atoms with van der Waals surface area (Å²) in [5, 5.41) is 10.7. The standard InChI is InChI=1S/C23H32NO5P/c1-5-10-17-16-20-18(19(11-6-2)22(17)26)12-13-21(25)24(20)15-9-14-23(30-27,28-7-3)29-8-4/h5-6,16,26H,1-2,7-15H2,3-4H3. The van der Waals surface area contributed by atoms with Crippen LogP contribution in [-0.4, -0.2) is 36.3 Å². The van der Waals surface area contributed by atoms with Gasteiger partial charge in [-0.2, -0.15) is 0 Å². The maximum absolute atomic E-state index is 12.8. The minimum Gasteiger partial charge on any atom is -0.507 e. The third kappa shape index (κ3) is 5.37. The second-order valence-electron chi connectivity index (χ2n) is 7.17. The number of anilines is 1. The molecule has 0 radical (unpaired) electrons.